The smallest absolute Gasteiger partial charge is 0.414 e. The topological polar surface area (TPSA) is 76.7 Å². The minimum atomic E-state index is -0.736. The van der Waals surface area contributed by atoms with Crippen molar-refractivity contribution in [2.45, 2.75) is 38.5 Å². The number of nitrogens with one attached hydrogen (secondary N) is 2. The van der Waals surface area contributed by atoms with Gasteiger partial charge >= 0.3 is 6.09 Å². The Bertz CT molecular complexity index is 515. The SMILES string of the molecule is CO[C@@H]([C@@H]1CCCN1)[C@@H](C)C(=O)NC(=O)OCc1ccccc1. The fraction of sp³-hybridized carbons (Fsp3) is 0.529. The number of ether oxygens (including phenoxy) is 2. The normalized spacial score (nSPS) is 19.8. The lowest BCUT2D eigenvalue weighted by Gasteiger charge is -2.27. The molecule has 1 fully saturated rings. The molecule has 2 rings (SSSR count). The van der Waals surface area contributed by atoms with Crippen molar-refractivity contribution >= 4 is 12.0 Å². The Morgan fingerprint density at radius 1 is 1.35 bits per heavy atom. The van der Waals surface area contributed by atoms with Crippen molar-refractivity contribution in [3.8, 4) is 0 Å². The van der Waals surface area contributed by atoms with Crippen LogP contribution in [0.4, 0.5) is 4.79 Å². The zero-order valence-corrected chi connectivity index (χ0v) is 13.6. The van der Waals surface area contributed by atoms with Gasteiger partial charge in [0.15, 0.2) is 0 Å². The first-order valence-electron chi connectivity index (χ1n) is 7.89. The monoisotopic (exact) mass is 320 g/mol. The molecule has 1 aromatic rings. The quantitative estimate of drug-likeness (QED) is 0.836. The predicted molar refractivity (Wildman–Crippen MR) is 85.8 cm³/mol. The van der Waals surface area contributed by atoms with Gasteiger partial charge in [0.05, 0.1) is 12.0 Å². The standard InChI is InChI=1S/C17H24N2O4/c1-12(15(22-2)14-9-6-10-18-14)16(20)19-17(21)23-11-13-7-4-3-5-8-13/h3-5,7-8,12,14-15,18H,6,9-11H2,1-2H3,(H,19,20,21)/t12-,14+,15-/m1/s1. The van der Waals surface area contributed by atoms with Crippen molar-refractivity contribution in [2.24, 2.45) is 5.92 Å². The van der Waals surface area contributed by atoms with E-state index < -0.39 is 12.0 Å². The van der Waals surface area contributed by atoms with E-state index in [1.807, 2.05) is 30.3 Å². The van der Waals surface area contributed by atoms with Crippen molar-refractivity contribution in [1.29, 1.82) is 0 Å². The van der Waals surface area contributed by atoms with Crippen molar-refractivity contribution in [3.63, 3.8) is 0 Å². The van der Waals surface area contributed by atoms with Crippen LogP contribution in [0.3, 0.4) is 0 Å². The van der Waals surface area contributed by atoms with Crippen molar-refractivity contribution in [1.82, 2.24) is 10.6 Å². The van der Waals surface area contributed by atoms with Crippen LogP contribution in [0.15, 0.2) is 30.3 Å². The Morgan fingerprint density at radius 2 is 2.09 bits per heavy atom. The summed E-state index contributed by atoms with van der Waals surface area (Å²) < 4.78 is 10.5. The van der Waals surface area contributed by atoms with E-state index in [9.17, 15) is 9.59 Å². The summed E-state index contributed by atoms with van der Waals surface area (Å²) in [6.07, 6.45) is 1.03. The van der Waals surface area contributed by atoms with Crippen LogP contribution in [0.25, 0.3) is 0 Å². The maximum Gasteiger partial charge on any atom is 0.414 e. The van der Waals surface area contributed by atoms with E-state index in [0.29, 0.717) is 0 Å². The molecule has 0 aromatic heterocycles. The summed E-state index contributed by atoms with van der Waals surface area (Å²) in [5, 5.41) is 5.60. The molecule has 0 unspecified atom stereocenters. The second-order valence-corrected chi connectivity index (χ2v) is 5.74. The second-order valence-electron chi connectivity index (χ2n) is 5.74. The lowest BCUT2D eigenvalue weighted by Crippen LogP contribution is -2.47. The van der Waals surface area contributed by atoms with Crippen LogP contribution >= 0.6 is 0 Å². The minimum absolute atomic E-state index is 0.131. The van der Waals surface area contributed by atoms with Gasteiger partial charge in [0.1, 0.15) is 6.61 Å². The molecule has 3 atom stereocenters. The highest BCUT2D eigenvalue weighted by atomic mass is 16.5. The highest BCUT2D eigenvalue weighted by Gasteiger charge is 2.33. The van der Waals surface area contributed by atoms with Gasteiger partial charge in [-0.15, -0.1) is 0 Å². The van der Waals surface area contributed by atoms with E-state index in [1.165, 1.54) is 0 Å². The molecule has 1 saturated heterocycles. The fourth-order valence-corrected chi connectivity index (χ4v) is 2.83. The Kier molecular flexibility index (Phi) is 6.55. The lowest BCUT2D eigenvalue weighted by molar-refractivity contribution is -0.128. The highest BCUT2D eigenvalue weighted by molar-refractivity contribution is 5.93. The molecule has 2 N–H and O–H groups in total. The molecule has 1 heterocycles. The fourth-order valence-electron chi connectivity index (χ4n) is 2.83. The first kappa shape index (κ1) is 17.4. The number of rotatable bonds is 6. The molecule has 1 aliphatic rings. The van der Waals surface area contributed by atoms with E-state index in [4.69, 9.17) is 9.47 Å². The number of carbonyl (C=O) groups is 2. The van der Waals surface area contributed by atoms with E-state index in [0.717, 1.165) is 24.9 Å². The van der Waals surface area contributed by atoms with Gasteiger partial charge in [0, 0.05) is 13.2 Å². The number of benzene rings is 1. The van der Waals surface area contributed by atoms with Crippen molar-refractivity contribution in [2.75, 3.05) is 13.7 Å². The van der Waals surface area contributed by atoms with Crippen LogP contribution in [0, 0.1) is 5.92 Å². The van der Waals surface area contributed by atoms with Gasteiger partial charge < -0.3 is 14.8 Å². The number of alkyl carbamates (subject to hydrolysis) is 1. The van der Waals surface area contributed by atoms with Crippen molar-refractivity contribution in [3.05, 3.63) is 35.9 Å². The van der Waals surface area contributed by atoms with E-state index in [2.05, 4.69) is 10.6 Å². The minimum Gasteiger partial charge on any atom is -0.444 e. The number of hydrogen-bond acceptors (Lipinski definition) is 5. The zero-order chi connectivity index (χ0) is 16.7. The third-order valence-corrected chi connectivity index (χ3v) is 4.11. The Hall–Kier alpha value is -1.92. The summed E-state index contributed by atoms with van der Waals surface area (Å²) in [4.78, 5) is 24.0. The number of methoxy groups -OCH3 is 1. The summed E-state index contributed by atoms with van der Waals surface area (Å²) >= 11 is 0. The van der Waals surface area contributed by atoms with Gasteiger partial charge in [0.25, 0.3) is 0 Å². The number of carbonyl (C=O) groups excluding carboxylic acids is 2. The molecule has 23 heavy (non-hydrogen) atoms. The van der Waals surface area contributed by atoms with Gasteiger partial charge in [-0.25, -0.2) is 4.79 Å². The van der Waals surface area contributed by atoms with Gasteiger partial charge in [-0.2, -0.15) is 0 Å². The Morgan fingerprint density at radius 3 is 2.70 bits per heavy atom. The summed E-state index contributed by atoms with van der Waals surface area (Å²) in [6, 6.07) is 9.45. The largest absolute Gasteiger partial charge is 0.444 e. The highest BCUT2D eigenvalue weighted by Crippen LogP contribution is 2.18. The van der Waals surface area contributed by atoms with Crippen LogP contribution in [0.2, 0.25) is 0 Å². The molecule has 0 bridgehead atoms. The Balaban J connectivity index is 1.81. The van der Waals surface area contributed by atoms with Gasteiger partial charge in [-0.1, -0.05) is 37.3 Å². The number of amides is 2. The van der Waals surface area contributed by atoms with E-state index in [1.54, 1.807) is 14.0 Å². The second kappa shape index (κ2) is 8.64. The molecule has 1 aromatic carbocycles. The first-order valence-corrected chi connectivity index (χ1v) is 7.89. The van der Waals surface area contributed by atoms with Crippen LogP contribution < -0.4 is 10.6 Å². The predicted octanol–water partition coefficient (Wildman–Crippen LogP) is 1.84. The maximum absolute atomic E-state index is 12.2. The zero-order valence-electron chi connectivity index (χ0n) is 13.6. The molecule has 0 saturated carbocycles. The average Bonchev–Trinajstić information content (AvgIpc) is 3.08. The van der Waals surface area contributed by atoms with Crippen LogP contribution in [-0.2, 0) is 20.9 Å². The third-order valence-electron chi connectivity index (χ3n) is 4.11. The van der Waals surface area contributed by atoms with Crippen molar-refractivity contribution < 1.29 is 19.1 Å². The number of hydrogen-bond donors (Lipinski definition) is 2. The maximum atomic E-state index is 12.2. The lowest BCUT2D eigenvalue weighted by atomic mass is 9.96. The van der Waals surface area contributed by atoms with Crippen LogP contribution in [0.1, 0.15) is 25.3 Å². The summed E-state index contributed by atoms with van der Waals surface area (Å²) in [5.74, 6) is -0.830. The third kappa shape index (κ3) is 5.04. The molecular weight excluding hydrogens is 296 g/mol. The molecule has 0 radical (unpaired) electrons. The molecule has 1 aliphatic heterocycles. The average molecular weight is 320 g/mol. The summed E-state index contributed by atoms with van der Waals surface area (Å²) in [7, 11) is 1.59. The molecule has 0 aliphatic carbocycles. The first-order chi connectivity index (χ1) is 11.1. The van der Waals surface area contributed by atoms with Gasteiger partial charge in [-0.05, 0) is 24.9 Å². The van der Waals surface area contributed by atoms with Crippen LogP contribution in [0.5, 0.6) is 0 Å². The number of imide groups is 1. The summed E-state index contributed by atoms with van der Waals surface area (Å²) in [6.45, 7) is 2.82. The molecule has 2 amide bonds. The molecule has 6 heteroatoms. The molecular formula is C17H24N2O4. The van der Waals surface area contributed by atoms with E-state index >= 15 is 0 Å². The summed E-state index contributed by atoms with van der Waals surface area (Å²) in [5.41, 5.74) is 0.869. The molecule has 0 spiro atoms. The van der Waals surface area contributed by atoms with Crippen LogP contribution in [-0.4, -0.2) is 37.8 Å². The van der Waals surface area contributed by atoms with Gasteiger partial charge in [0.2, 0.25) is 5.91 Å². The van der Waals surface area contributed by atoms with Gasteiger partial charge in [-0.3, -0.25) is 10.1 Å². The molecule has 126 valence electrons. The van der Waals surface area contributed by atoms with E-state index in [-0.39, 0.29) is 24.7 Å². The Labute approximate surface area is 136 Å². The molecule has 6 nitrogen and oxygen atoms in total.